The van der Waals surface area contributed by atoms with E-state index >= 15 is 0 Å². The van der Waals surface area contributed by atoms with E-state index in [-0.39, 0.29) is 36.1 Å². The van der Waals surface area contributed by atoms with Crippen molar-refractivity contribution >= 4 is 34.8 Å². The van der Waals surface area contributed by atoms with Crippen LogP contribution in [0.25, 0.3) is 0 Å². The third-order valence-corrected chi connectivity index (χ3v) is 8.44. The van der Waals surface area contributed by atoms with Crippen LogP contribution in [0, 0.1) is 0 Å². The van der Waals surface area contributed by atoms with Gasteiger partial charge in [0.1, 0.15) is 6.04 Å². The third kappa shape index (κ3) is 6.29. The van der Waals surface area contributed by atoms with Crippen LogP contribution in [0.2, 0.25) is 0 Å². The molecule has 2 aliphatic heterocycles. The van der Waals surface area contributed by atoms with Gasteiger partial charge >= 0.3 is 0 Å². The van der Waals surface area contributed by atoms with Crippen LogP contribution >= 0.6 is 11.3 Å². The molecule has 2 fully saturated rings. The van der Waals surface area contributed by atoms with E-state index in [1.807, 2.05) is 54.6 Å². The summed E-state index contributed by atoms with van der Waals surface area (Å²) >= 11 is 1.23. The number of amides is 3. The summed E-state index contributed by atoms with van der Waals surface area (Å²) in [6.07, 6.45) is 3.92. The first-order valence-electron chi connectivity index (χ1n) is 13.6. The van der Waals surface area contributed by atoms with E-state index in [0.29, 0.717) is 50.2 Å². The van der Waals surface area contributed by atoms with E-state index in [0.717, 1.165) is 16.7 Å². The highest BCUT2D eigenvalue weighted by molar-refractivity contribution is 7.11. The Morgan fingerprint density at radius 3 is 2.48 bits per heavy atom. The number of carbonyl (C=O) groups excluding carboxylic acids is 4. The minimum Gasteiger partial charge on any atom is -0.344 e. The predicted octanol–water partition coefficient (Wildman–Crippen LogP) is 2.35. The molecular formula is C30H33N5O4S. The Kier molecular flexibility index (Phi) is 8.66. The van der Waals surface area contributed by atoms with Crippen LogP contribution < -0.4 is 11.1 Å². The zero-order valence-electron chi connectivity index (χ0n) is 22.2. The van der Waals surface area contributed by atoms with Gasteiger partial charge in [-0.3, -0.25) is 19.2 Å². The quantitative estimate of drug-likeness (QED) is 0.368. The highest BCUT2D eigenvalue weighted by Gasteiger charge is 2.46. The Balaban J connectivity index is 1.23. The van der Waals surface area contributed by atoms with Gasteiger partial charge in [-0.15, -0.1) is 11.3 Å². The Morgan fingerprint density at radius 2 is 1.77 bits per heavy atom. The van der Waals surface area contributed by atoms with Gasteiger partial charge in [0.25, 0.3) is 0 Å². The number of nitrogens with two attached hydrogens (primary N) is 1. The zero-order chi connectivity index (χ0) is 28.1. The van der Waals surface area contributed by atoms with Crippen molar-refractivity contribution < 1.29 is 19.2 Å². The molecule has 3 atom stereocenters. The maximum atomic E-state index is 13.5. The van der Waals surface area contributed by atoms with Gasteiger partial charge in [0, 0.05) is 37.5 Å². The summed E-state index contributed by atoms with van der Waals surface area (Å²) in [5.74, 6) is -0.907. The fraction of sp³-hybridized carbons (Fsp3) is 0.367. The van der Waals surface area contributed by atoms with E-state index in [9.17, 15) is 19.2 Å². The molecule has 0 saturated carbocycles. The minimum atomic E-state index is -0.822. The number of carbonyl (C=O) groups is 4. The summed E-state index contributed by atoms with van der Waals surface area (Å²) in [5, 5.41) is 4.98. The monoisotopic (exact) mass is 559 g/mol. The maximum absolute atomic E-state index is 13.5. The molecule has 2 aromatic carbocycles. The molecule has 9 nitrogen and oxygen atoms in total. The van der Waals surface area contributed by atoms with Gasteiger partial charge in [-0.05, 0) is 36.0 Å². The molecule has 0 spiro atoms. The molecule has 2 saturated heterocycles. The lowest BCUT2D eigenvalue weighted by Gasteiger charge is -2.39. The summed E-state index contributed by atoms with van der Waals surface area (Å²) < 4.78 is 0. The molecule has 5 rings (SSSR count). The molecule has 3 N–H and O–H groups in total. The molecular weight excluding hydrogens is 526 g/mol. The number of aromatic nitrogens is 1. The van der Waals surface area contributed by atoms with Crippen LogP contribution in [0.3, 0.4) is 0 Å². The van der Waals surface area contributed by atoms with E-state index in [4.69, 9.17) is 5.73 Å². The Bertz CT molecular complexity index is 1350. The molecule has 1 aromatic heterocycles. The molecule has 208 valence electrons. The number of rotatable bonds is 10. The average Bonchev–Trinajstić information content (AvgIpc) is 3.67. The highest BCUT2D eigenvalue weighted by atomic mass is 32.1. The second kappa shape index (κ2) is 12.5. The van der Waals surface area contributed by atoms with Gasteiger partial charge < -0.3 is 20.9 Å². The summed E-state index contributed by atoms with van der Waals surface area (Å²) in [7, 11) is 0. The summed E-state index contributed by atoms with van der Waals surface area (Å²) in [4.78, 5) is 60.3. The van der Waals surface area contributed by atoms with E-state index in [1.165, 1.54) is 11.3 Å². The molecule has 3 aromatic rings. The number of fused-ring (bicyclic) bond motifs is 1. The zero-order valence-corrected chi connectivity index (χ0v) is 23.0. The smallest absolute Gasteiger partial charge is 0.243 e. The topological polar surface area (TPSA) is 126 Å². The lowest BCUT2D eigenvalue weighted by molar-refractivity contribution is -0.151. The second-order valence-electron chi connectivity index (χ2n) is 10.3. The van der Waals surface area contributed by atoms with E-state index in [1.54, 1.807) is 21.4 Å². The van der Waals surface area contributed by atoms with Gasteiger partial charge in [0.05, 0.1) is 18.6 Å². The van der Waals surface area contributed by atoms with Crippen molar-refractivity contribution in [3.8, 4) is 0 Å². The largest absolute Gasteiger partial charge is 0.344 e. The first-order valence-corrected chi connectivity index (χ1v) is 14.5. The van der Waals surface area contributed by atoms with Crippen LogP contribution in [0.5, 0.6) is 0 Å². The van der Waals surface area contributed by atoms with Crippen LogP contribution in [-0.2, 0) is 33.8 Å². The second-order valence-corrected chi connectivity index (χ2v) is 11.2. The number of hydrogen-bond donors (Lipinski definition) is 2. The lowest BCUT2D eigenvalue weighted by Crippen LogP contribution is -2.60. The summed E-state index contributed by atoms with van der Waals surface area (Å²) in [6.45, 7) is 0.794. The molecule has 40 heavy (non-hydrogen) atoms. The molecule has 3 heterocycles. The number of aryl methyl sites for hydroxylation is 1. The fourth-order valence-electron chi connectivity index (χ4n) is 5.52. The Hall–Kier alpha value is -3.89. The SMILES string of the molecule is NCc1ccc(CC(NC(=O)C2CCC3CN(C(=O)CCc4ccccc4)CC(=O)N32)C(=O)c2nccs2)cc1. The number of piperazine rings is 1. The van der Waals surface area contributed by atoms with Gasteiger partial charge in [-0.25, -0.2) is 4.98 Å². The Morgan fingerprint density at radius 1 is 1.02 bits per heavy atom. The van der Waals surface area contributed by atoms with Gasteiger partial charge in [-0.1, -0.05) is 54.6 Å². The summed E-state index contributed by atoms with van der Waals surface area (Å²) in [6, 6.07) is 15.7. The standard InChI is InChI=1S/C30H33N5O4S/c31-17-22-8-6-21(7-9-22)16-24(28(38)30-32-14-15-40-30)33-29(39)25-12-11-23-18-34(19-27(37)35(23)25)26(36)13-10-20-4-2-1-3-5-20/h1-9,14-15,23-25H,10-13,16-19,31H2,(H,33,39). The number of Topliss-reactive ketones (excluding diaryl/α,β-unsaturated/α-hetero) is 1. The van der Waals surface area contributed by atoms with Gasteiger partial charge in [-0.2, -0.15) is 0 Å². The predicted molar refractivity (Wildman–Crippen MR) is 151 cm³/mol. The average molecular weight is 560 g/mol. The Labute approximate surface area is 237 Å². The highest BCUT2D eigenvalue weighted by Crippen LogP contribution is 2.29. The number of hydrogen-bond acceptors (Lipinski definition) is 7. The number of ketones is 1. The first kappa shape index (κ1) is 27.7. The lowest BCUT2D eigenvalue weighted by atomic mass is 10.0. The molecule has 10 heteroatoms. The normalized spacial score (nSPS) is 19.3. The molecule has 2 aliphatic rings. The molecule has 0 bridgehead atoms. The van der Waals surface area contributed by atoms with Gasteiger partial charge in [0.15, 0.2) is 5.01 Å². The van der Waals surface area contributed by atoms with E-state index in [2.05, 4.69) is 10.3 Å². The van der Waals surface area contributed by atoms with Crippen LogP contribution in [0.1, 0.15) is 45.8 Å². The van der Waals surface area contributed by atoms with E-state index < -0.39 is 12.1 Å². The van der Waals surface area contributed by atoms with Crippen molar-refractivity contribution in [3.05, 3.63) is 87.9 Å². The number of nitrogens with zero attached hydrogens (tertiary/aromatic N) is 3. The first-order chi connectivity index (χ1) is 19.4. The molecule has 3 amide bonds. The number of thiazole rings is 1. The summed E-state index contributed by atoms with van der Waals surface area (Å²) in [5.41, 5.74) is 8.65. The van der Waals surface area contributed by atoms with Crippen molar-refractivity contribution in [3.63, 3.8) is 0 Å². The van der Waals surface area contributed by atoms with Crippen molar-refractivity contribution in [1.29, 1.82) is 0 Å². The van der Waals surface area contributed by atoms with Crippen molar-refractivity contribution in [2.45, 2.75) is 56.8 Å². The van der Waals surface area contributed by atoms with Crippen LogP contribution in [0.4, 0.5) is 0 Å². The molecule has 3 unspecified atom stereocenters. The van der Waals surface area contributed by atoms with Crippen molar-refractivity contribution in [2.24, 2.45) is 5.73 Å². The molecule has 0 radical (unpaired) electrons. The van der Waals surface area contributed by atoms with Crippen molar-refractivity contribution in [1.82, 2.24) is 20.1 Å². The van der Waals surface area contributed by atoms with Crippen molar-refractivity contribution in [2.75, 3.05) is 13.1 Å². The minimum absolute atomic E-state index is 0.0388. The number of nitrogens with one attached hydrogen (secondary N) is 1. The fourth-order valence-corrected chi connectivity index (χ4v) is 6.15. The number of benzene rings is 2. The maximum Gasteiger partial charge on any atom is 0.243 e. The van der Waals surface area contributed by atoms with Crippen LogP contribution in [-0.4, -0.2) is 69.5 Å². The van der Waals surface area contributed by atoms with Gasteiger partial charge in [0.2, 0.25) is 23.5 Å². The van der Waals surface area contributed by atoms with Crippen LogP contribution in [0.15, 0.2) is 66.2 Å². The third-order valence-electron chi connectivity index (χ3n) is 7.65. The molecule has 0 aliphatic carbocycles.